The standard InChI is InChI=1S/C13H16ClN3/c1-13(2,3)17-8-16-11(12(17)15)9-6-4-5-7-10(9)14/h4-8H,15H2,1-3H3. The molecule has 2 rings (SSSR count). The number of nitrogen functional groups attached to an aromatic ring is 1. The van der Waals surface area contributed by atoms with E-state index >= 15 is 0 Å². The van der Waals surface area contributed by atoms with Gasteiger partial charge in [0.15, 0.2) is 0 Å². The van der Waals surface area contributed by atoms with Crippen LogP contribution in [0.15, 0.2) is 30.6 Å². The first-order valence-corrected chi connectivity index (χ1v) is 5.87. The van der Waals surface area contributed by atoms with E-state index in [4.69, 9.17) is 17.3 Å². The van der Waals surface area contributed by atoms with Crippen molar-refractivity contribution in [1.82, 2.24) is 9.55 Å². The maximum absolute atomic E-state index is 6.15. The van der Waals surface area contributed by atoms with Crippen LogP contribution in [-0.2, 0) is 5.54 Å². The van der Waals surface area contributed by atoms with Crippen LogP contribution in [0.1, 0.15) is 20.8 Å². The number of nitrogens with zero attached hydrogens (tertiary/aromatic N) is 2. The molecule has 0 unspecified atom stereocenters. The average molecular weight is 250 g/mol. The number of anilines is 1. The van der Waals surface area contributed by atoms with E-state index < -0.39 is 0 Å². The number of benzene rings is 1. The second kappa shape index (κ2) is 4.08. The molecule has 1 heterocycles. The fourth-order valence-corrected chi connectivity index (χ4v) is 1.98. The average Bonchev–Trinajstić information content (AvgIpc) is 2.60. The summed E-state index contributed by atoms with van der Waals surface area (Å²) in [5, 5.41) is 0.665. The molecule has 17 heavy (non-hydrogen) atoms. The van der Waals surface area contributed by atoms with Crippen molar-refractivity contribution in [3.63, 3.8) is 0 Å². The van der Waals surface area contributed by atoms with Gasteiger partial charge in [0.2, 0.25) is 0 Å². The Labute approximate surface area is 106 Å². The minimum Gasteiger partial charge on any atom is -0.383 e. The van der Waals surface area contributed by atoms with Crippen LogP contribution in [0.2, 0.25) is 5.02 Å². The van der Waals surface area contributed by atoms with Gasteiger partial charge in [-0.05, 0) is 26.8 Å². The third-order valence-electron chi connectivity index (χ3n) is 2.66. The molecule has 0 bridgehead atoms. The lowest BCUT2D eigenvalue weighted by Crippen LogP contribution is -2.22. The Balaban J connectivity index is 2.56. The van der Waals surface area contributed by atoms with Gasteiger partial charge in [-0.2, -0.15) is 0 Å². The first kappa shape index (κ1) is 12.0. The fourth-order valence-electron chi connectivity index (χ4n) is 1.75. The van der Waals surface area contributed by atoms with Crippen LogP contribution >= 0.6 is 11.6 Å². The number of hydrogen-bond donors (Lipinski definition) is 1. The molecule has 90 valence electrons. The predicted molar refractivity (Wildman–Crippen MR) is 72.1 cm³/mol. The first-order valence-electron chi connectivity index (χ1n) is 5.49. The molecule has 0 fully saturated rings. The molecule has 0 amide bonds. The molecule has 0 aliphatic carbocycles. The monoisotopic (exact) mass is 249 g/mol. The molecule has 0 spiro atoms. The second-order valence-electron chi connectivity index (χ2n) is 5.00. The van der Waals surface area contributed by atoms with Crippen molar-refractivity contribution in [1.29, 1.82) is 0 Å². The summed E-state index contributed by atoms with van der Waals surface area (Å²) in [6.45, 7) is 6.25. The Kier molecular flexibility index (Phi) is 2.87. The molecule has 3 nitrogen and oxygen atoms in total. The van der Waals surface area contributed by atoms with Gasteiger partial charge < -0.3 is 10.3 Å². The lowest BCUT2D eigenvalue weighted by Gasteiger charge is -2.22. The lowest BCUT2D eigenvalue weighted by atomic mass is 10.1. The fraction of sp³-hybridized carbons (Fsp3) is 0.308. The minimum atomic E-state index is -0.0867. The molecule has 0 aliphatic rings. The number of imidazole rings is 1. The Morgan fingerprint density at radius 2 is 1.88 bits per heavy atom. The molecule has 2 N–H and O–H groups in total. The van der Waals surface area contributed by atoms with Gasteiger partial charge in [-0.15, -0.1) is 0 Å². The largest absolute Gasteiger partial charge is 0.383 e. The van der Waals surface area contributed by atoms with Crippen LogP contribution in [-0.4, -0.2) is 9.55 Å². The summed E-state index contributed by atoms with van der Waals surface area (Å²) in [5.41, 5.74) is 7.66. The van der Waals surface area contributed by atoms with E-state index in [1.807, 2.05) is 28.8 Å². The molecule has 0 saturated carbocycles. The summed E-state index contributed by atoms with van der Waals surface area (Å²) in [5.74, 6) is 0.644. The molecule has 0 aliphatic heterocycles. The lowest BCUT2D eigenvalue weighted by molar-refractivity contribution is 0.402. The van der Waals surface area contributed by atoms with Crippen LogP contribution < -0.4 is 5.73 Å². The van der Waals surface area contributed by atoms with E-state index in [2.05, 4.69) is 25.8 Å². The van der Waals surface area contributed by atoms with Crippen LogP contribution in [0.5, 0.6) is 0 Å². The van der Waals surface area contributed by atoms with Gasteiger partial charge in [0.25, 0.3) is 0 Å². The van der Waals surface area contributed by atoms with Crippen molar-refractivity contribution in [2.45, 2.75) is 26.3 Å². The number of nitrogens with two attached hydrogens (primary N) is 1. The Hall–Kier alpha value is -1.48. The topological polar surface area (TPSA) is 43.8 Å². The van der Waals surface area contributed by atoms with Gasteiger partial charge in [-0.1, -0.05) is 29.8 Å². The number of rotatable bonds is 1. The zero-order valence-corrected chi connectivity index (χ0v) is 11.0. The van der Waals surface area contributed by atoms with E-state index in [-0.39, 0.29) is 5.54 Å². The summed E-state index contributed by atoms with van der Waals surface area (Å²) < 4.78 is 1.95. The number of hydrogen-bond acceptors (Lipinski definition) is 2. The summed E-state index contributed by atoms with van der Waals surface area (Å²) in [6, 6.07) is 7.58. The molecule has 1 aromatic carbocycles. The number of aromatic nitrogens is 2. The van der Waals surface area contributed by atoms with Gasteiger partial charge in [0.05, 0.1) is 11.3 Å². The maximum Gasteiger partial charge on any atom is 0.132 e. The summed E-state index contributed by atoms with van der Waals surface area (Å²) in [7, 11) is 0. The van der Waals surface area contributed by atoms with Crippen LogP contribution in [0.25, 0.3) is 11.3 Å². The summed E-state index contributed by atoms with van der Waals surface area (Å²) in [6.07, 6.45) is 1.76. The third kappa shape index (κ3) is 2.15. The van der Waals surface area contributed by atoms with Gasteiger partial charge in [0.1, 0.15) is 11.5 Å². The predicted octanol–water partition coefficient (Wildman–Crippen LogP) is 3.54. The Morgan fingerprint density at radius 1 is 1.24 bits per heavy atom. The van der Waals surface area contributed by atoms with Crippen molar-refractivity contribution in [3.8, 4) is 11.3 Å². The minimum absolute atomic E-state index is 0.0867. The molecule has 0 atom stereocenters. The van der Waals surface area contributed by atoms with Crippen molar-refractivity contribution in [3.05, 3.63) is 35.6 Å². The normalized spacial score (nSPS) is 11.8. The summed E-state index contributed by atoms with van der Waals surface area (Å²) in [4.78, 5) is 4.37. The van der Waals surface area contributed by atoms with E-state index in [0.29, 0.717) is 10.8 Å². The maximum atomic E-state index is 6.15. The van der Waals surface area contributed by atoms with E-state index in [9.17, 15) is 0 Å². The second-order valence-corrected chi connectivity index (χ2v) is 5.41. The van der Waals surface area contributed by atoms with Gasteiger partial charge in [-0.25, -0.2) is 4.98 Å². The van der Waals surface area contributed by atoms with Gasteiger partial charge in [-0.3, -0.25) is 0 Å². The van der Waals surface area contributed by atoms with Crippen molar-refractivity contribution in [2.24, 2.45) is 0 Å². The van der Waals surface area contributed by atoms with E-state index in [1.54, 1.807) is 6.33 Å². The van der Waals surface area contributed by atoms with Crippen LogP contribution in [0.4, 0.5) is 5.82 Å². The molecule has 1 aromatic heterocycles. The van der Waals surface area contributed by atoms with Gasteiger partial charge in [0, 0.05) is 11.1 Å². The zero-order chi connectivity index (χ0) is 12.6. The van der Waals surface area contributed by atoms with E-state index in [0.717, 1.165) is 11.3 Å². The van der Waals surface area contributed by atoms with E-state index in [1.165, 1.54) is 0 Å². The SMILES string of the molecule is CC(C)(C)n1cnc(-c2ccccc2Cl)c1N. The smallest absolute Gasteiger partial charge is 0.132 e. The molecular weight excluding hydrogens is 234 g/mol. The van der Waals surface area contributed by atoms with Gasteiger partial charge >= 0.3 is 0 Å². The third-order valence-corrected chi connectivity index (χ3v) is 2.99. The number of halogens is 1. The van der Waals surface area contributed by atoms with Crippen molar-refractivity contribution >= 4 is 17.4 Å². The van der Waals surface area contributed by atoms with Crippen molar-refractivity contribution in [2.75, 3.05) is 5.73 Å². The molecule has 0 saturated heterocycles. The molecule has 0 radical (unpaired) electrons. The summed E-state index contributed by atoms with van der Waals surface area (Å²) >= 11 is 6.15. The van der Waals surface area contributed by atoms with Crippen molar-refractivity contribution < 1.29 is 0 Å². The molecular formula is C13H16ClN3. The highest BCUT2D eigenvalue weighted by atomic mass is 35.5. The highest BCUT2D eigenvalue weighted by Gasteiger charge is 2.20. The molecule has 2 aromatic rings. The van der Waals surface area contributed by atoms with Crippen LogP contribution in [0.3, 0.4) is 0 Å². The molecule has 4 heteroatoms. The zero-order valence-electron chi connectivity index (χ0n) is 10.2. The van der Waals surface area contributed by atoms with Crippen LogP contribution in [0, 0.1) is 0 Å². The quantitative estimate of drug-likeness (QED) is 0.840. The first-order chi connectivity index (χ1) is 7.91. The highest BCUT2D eigenvalue weighted by Crippen LogP contribution is 2.32. The highest BCUT2D eigenvalue weighted by molar-refractivity contribution is 6.33. The Morgan fingerprint density at radius 3 is 2.41 bits per heavy atom. The Bertz CT molecular complexity index is 538.